The van der Waals surface area contributed by atoms with Gasteiger partial charge in [0.25, 0.3) is 0 Å². The van der Waals surface area contributed by atoms with Crippen molar-refractivity contribution in [2.45, 2.75) is 50.7 Å². The van der Waals surface area contributed by atoms with Gasteiger partial charge >= 0.3 is 0 Å². The van der Waals surface area contributed by atoms with Gasteiger partial charge in [-0.1, -0.05) is 60.7 Å². The minimum atomic E-state index is -3.40. The van der Waals surface area contributed by atoms with Gasteiger partial charge in [0.15, 0.2) is 0 Å². The van der Waals surface area contributed by atoms with E-state index in [1.54, 1.807) is 0 Å². The molecule has 27 heavy (non-hydrogen) atoms. The number of hydrogen-bond donors (Lipinski definition) is 1. The smallest absolute Gasteiger partial charge is 0.214 e. The molecule has 2 aromatic carbocycles. The molecule has 0 aliphatic carbocycles. The highest BCUT2D eigenvalue weighted by Gasteiger charge is 2.25. The van der Waals surface area contributed by atoms with Crippen LogP contribution in [0.2, 0.25) is 0 Å². The molecule has 3 rings (SSSR count). The zero-order valence-corrected chi connectivity index (χ0v) is 16.5. The van der Waals surface area contributed by atoms with E-state index >= 15 is 0 Å². The van der Waals surface area contributed by atoms with Gasteiger partial charge in [0, 0.05) is 12.6 Å². The fourth-order valence-electron chi connectivity index (χ4n) is 3.58. The number of hydrogen-bond acceptors (Lipinski definition) is 3. The van der Waals surface area contributed by atoms with Gasteiger partial charge in [0.05, 0.1) is 11.9 Å². The predicted octanol–water partition coefficient (Wildman–Crippen LogP) is 4.24. The molecule has 2 atom stereocenters. The molecule has 0 bridgehead atoms. The summed E-state index contributed by atoms with van der Waals surface area (Å²) in [5.74, 6) is 0.0506. The van der Waals surface area contributed by atoms with E-state index < -0.39 is 10.0 Å². The van der Waals surface area contributed by atoms with Crippen molar-refractivity contribution in [3.63, 3.8) is 0 Å². The Morgan fingerprint density at radius 1 is 1.00 bits per heavy atom. The van der Waals surface area contributed by atoms with Gasteiger partial charge < -0.3 is 4.74 Å². The van der Waals surface area contributed by atoms with Crippen LogP contribution < -0.4 is 4.72 Å². The molecule has 146 valence electrons. The van der Waals surface area contributed by atoms with E-state index in [0.29, 0.717) is 6.61 Å². The van der Waals surface area contributed by atoms with E-state index in [2.05, 4.69) is 16.9 Å². The minimum Gasteiger partial charge on any atom is -0.377 e. The third kappa shape index (κ3) is 6.76. The molecule has 0 radical (unpaired) electrons. The number of nitrogens with one attached hydrogen (secondary N) is 1. The summed E-state index contributed by atoms with van der Waals surface area (Å²) in [4.78, 5) is 0. The van der Waals surface area contributed by atoms with Crippen LogP contribution in [0.3, 0.4) is 0 Å². The van der Waals surface area contributed by atoms with Crippen LogP contribution in [-0.4, -0.2) is 26.9 Å². The van der Waals surface area contributed by atoms with Crippen molar-refractivity contribution < 1.29 is 13.2 Å². The maximum absolute atomic E-state index is 12.7. The highest BCUT2D eigenvalue weighted by atomic mass is 32.2. The number of aryl methyl sites for hydroxylation is 1. The van der Waals surface area contributed by atoms with Crippen molar-refractivity contribution in [3.8, 4) is 0 Å². The molecule has 0 aromatic heterocycles. The average molecular weight is 388 g/mol. The Balaban J connectivity index is 1.62. The summed E-state index contributed by atoms with van der Waals surface area (Å²) in [7, 11) is -3.40. The molecule has 1 aliphatic heterocycles. The van der Waals surface area contributed by atoms with E-state index in [0.717, 1.165) is 44.1 Å². The third-order valence-electron chi connectivity index (χ3n) is 5.00. The first-order valence-electron chi connectivity index (χ1n) is 9.83. The maximum Gasteiger partial charge on any atom is 0.214 e. The minimum absolute atomic E-state index is 0.0506. The molecule has 1 heterocycles. The van der Waals surface area contributed by atoms with Crippen molar-refractivity contribution in [1.82, 2.24) is 4.72 Å². The third-order valence-corrected chi connectivity index (χ3v) is 6.46. The van der Waals surface area contributed by atoms with Gasteiger partial charge in [-0.25, -0.2) is 13.1 Å². The summed E-state index contributed by atoms with van der Waals surface area (Å²) in [6.45, 7) is 0.666. The SMILES string of the molecule is O=S(=O)(CC1CCCCO1)NC(CCCc1ccccc1)c1ccccc1. The summed E-state index contributed by atoms with van der Waals surface area (Å²) in [5.41, 5.74) is 2.29. The molecule has 2 aromatic rings. The van der Waals surface area contributed by atoms with E-state index in [-0.39, 0.29) is 17.9 Å². The summed E-state index contributed by atoms with van der Waals surface area (Å²) in [6.07, 6.45) is 5.34. The Labute approximate surface area is 163 Å². The molecule has 4 nitrogen and oxygen atoms in total. The summed E-state index contributed by atoms with van der Waals surface area (Å²) < 4.78 is 34.0. The predicted molar refractivity (Wildman–Crippen MR) is 109 cm³/mol. The average Bonchev–Trinajstić information content (AvgIpc) is 2.69. The van der Waals surface area contributed by atoms with Gasteiger partial charge in [-0.05, 0) is 49.7 Å². The topological polar surface area (TPSA) is 55.4 Å². The van der Waals surface area contributed by atoms with Crippen molar-refractivity contribution in [1.29, 1.82) is 0 Å². The number of ether oxygens (including phenoxy) is 1. The van der Waals surface area contributed by atoms with Crippen molar-refractivity contribution in [2.75, 3.05) is 12.4 Å². The van der Waals surface area contributed by atoms with E-state index in [1.807, 2.05) is 48.5 Å². The van der Waals surface area contributed by atoms with E-state index in [1.165, 1.54) is 5.56 Å². The van der Waals surface area contributed by atoms with Gasteiger partial charge in [-0.2, -0.15) is 0 Å². The van der Waals surface area contributed by atoms with E-state index in [4.69, 9.17) is 4.74 Å². The second kappa shape index (κ2) is 10.0. The monoisotopic (exact) mass is 387 g/mol. The fourth-order valence-corrected chi connectivity index (χ4v) is 5.12. The zero-order chi connectivity index (χ0) is 19.0. The Morgan fingerprint density at radius 2 is 1.70 bits per heavy atom. The Bertz CT molecular complexity index is 772. The Kier molecular flexibility index (Phi) is 7.44. The lowest BCUT2D eigenvalue weighted by atomic mass is 10.00. The molecule has 0 saturated carbocycles. The molecule has 0 amide bonds. The first-order valence-corrected chi connectivity index (χ1v) is 11.5. The van der Waals surface area contributed by atoms with Crippen LogP contribution in [0.4, 0.5) is 0 Å². The van der Waals surface area contributed by atoms with Crippen LogP contribution in [-0.2, 0) is 21.2 Å². The summed E-state index contributed by atoms with van der Waals surface area (Å²) in [6, 6.07) is 20.0. The lowest BCUT2D eigenvalue weighted by Gasteiger charge is -2.24. The second-order valence-corrected chi connectivity index (χ2v) is 9.03. The largest absolute Gasteiger partial charge is 0.377 e. The van der Waals surface area contributed by atoms with Crippen LogP contribution in [0.1, 0.15) is 49.3 Å². The van der Waals surface area contributed by atoms with Crippen LogP contribution in [0, 0.1) is 0 Å². The van der Waals surface area contributed by atoms with Gasteiger partial charge in [-0.3, -0.25) is 0 Å². The lowest BCUT2D eigenvalue weighted by Crippen LogP contribution is -2.37. The first-order chi connectivity index (χ1) is 13.1. The molecule has 0 spiro atoms. The van der Waals surface area contributed by atoms with Crippen LogP contribution in [0.15, 0.2) is 60.7 Å². The molecule has 1 N–H and O–H groups in total. The lowest BCUT2D eigenvalue weighted by molar-refractivity contribution is 0.0303. The molecule has 1 saturated heterocycles. The van der Waals surface area contributed by atoms with Crippen LogP contribution >= 0.6 is 0 Å². The number of benzene rings is 2. The Morgan fingerprint density at radius 3 is 2.37 bits per heavy atom. The quantitative estimate of drug-likeness (QED) is 0.700. The molecule has 2 unspecified atom stereocenters. The summed E-state index contributed by atoms with van der Waals surface area (Å²) >= 11 is 0. The van der Waals surface area contributed by atoms with Crippen LogP contribution in [0.5, 0.6) is 0 Å². The molecular formula is C22H29NO3S. The first kappa shape index (κ1) is 20.1. The molecule has 1 aliphatic rings. The van der Waals surface area contributed by atoms with Gasteiger partial charge in [0.2, 0.25) is 10.0 Å². The normalized spacial score (nSPS) is 18.9. The van der Waals surface area contributed by atoms with Gasteiger partial charge in [0.1, 0.15) is 0 Å². The highest BCUT2D eigenvalue weighted by molar-refractivity contribution is 7.89. The molecular weight excluding hydrogens is 358 g/mol. The Hall–Kier alpha value is -1.69. The standard InChI is InChI=1S/C22H29NO3S/c24-27(25,18-21-15-7-8-17-26-21)23-22(20-13-5-2-6-14-20)16-9-12-19-10-3-1-4-11-19/h1-6,10-11,13-14,21-23H,7-9,12,15-18H2. The second-order valence-electron chi connectivity index (χ2n) is 7.23. The van der Waals surface area contributed by atoms with E-state index in [9.17, 15) is 8.42 Å². The van der Waals surface area contributed by atoms with Crippen molar-refractivity contribution in [2.24, 2.45) is 0 Å². The highest BCUT2D eigenvalue weighted by Crippen LogP contribution is 2.22. The molecule has 5 heteroatoms. The van der Waals surface area contributed by atoms with Crippen molar-refractivity contribution >= 4 is 10.0 Å². The fraction of sp³-hybridized carbons (Fsp3) is 0.455. The van der Waals surface area contributed by atoms with Crippen LogP contribution in [0.25, 0.3) is 0 Å². The van der Waals surface area contributed by atoms with Gasteiger partial charge in [-0.15, -0.1) is 0 Å². The maximum atomic E-state index is 12.7. The number of rotatable bonds is 9. The van der Waals surface area contributed by atoms with Crippen molar-refractivity contribution in [3.05, 3.63) is 71.8 Å². The number of sulfonamides is 1. The zero-order valence-electron chi connectivity index (χ0n) is 15.7. The summed E-state index contributed by atoms with van der Waals surface area (Å²) in [5, 5.41) is 0. The molecule has 1 fully saturated rings.